The second-order valence-electron chi connectivity index (χ2n) is 6.76. The second kappa shape index (κ2) is 6.05. The highest BCUT2D eigenvalue weighted by Gasteiger charge is 2.14. The molecule has 0 unspecified atom stereocenters. The number of aromatic nitrogens is 2. The van der Waals surface area contributed by atoms with Crippen molar-refractivity contribution in [3.63, 3.8) is 0 Å². The minimum atomic E-state index is -0.253. The van der Waals surface area contributed by atoms with Crippen LogP contribution in [0.2, 0.25) is 0 Å². The Bertz CT molecular complexity index is 722. The third-order valence-electron chi connectivity index (χ3n) is 4.07. The number of hydrogen-bond donors (Lipinski definition) is 1. The third-order valence-corrected chi connectivity index (χ3v) is 4.07. The first-order valence-corrected chi connectivity index (χ1v) is 7.51. The first kappa shape index (κ1) is 16.4. The van der Waals surface area contributed by atoms with E-state index in [0.29, 0.717) is 12.1 Å². The summed E-state index contributed by atoms with van der Waals surface area (Å²) < 4.78 is 1.43. The summed E-state index contributed by atoms with van der Waals surface area (Å²) in [6, 6.07) is 8.24. The summed E-state index contributed by atoms with van der Waals surface area (Å²) >= 11 is 0. The summed E-state index contributed by atoms with van der Waals surface area (Å²) in [5.74, 6) is 0. The molecule has 0 atom stereocenters. The van der Waals surface area contributed by atoms with Gasteiger partial charge in [0.25, 0.3) is 5.56 Å². The van der Waals surface area contributed by atoms with Gasteiger partial charge >= 0.3 is 0 Å². The van der Waals surface area contributed by atoms with Crippen LogP contribution in [-0.2, 0) is 18.6 Å². The van der Waals surface area contributed by atoms with Crippen molar-refractivity contribution in [1.82, 2.24) is 9.78 Å². The number of hydrogen-bond acceptors (Lipinski definition) is 3. The van der Waals surface area contributed by atoms with E-state index in [4.69, 9.17) is 0 Å². The van der Waals surface area contributed by atoms with Crippen molar-refractivity contribution in [2.24, 2.45) is 0 Å². The molecule has 1 heterocycles. The highest BCUT2D eigenvalue weighted by molar-refractivity contribution is 5.29. The first-order valence-electron chi connectivity index (χ1n) is 7.51. The van der Waals surface area contributed by atoms with Gasteiger partial charge in [0, 0.05) is 5.56 Å². The van der Waals surface area contributed by atoms with Crippen molar-refractivity contribution in [3.05, 3.63) is 62.6 Å². The molecule has 1 aromatic carbocycles. The summed E-state index contributed by atoms with van der Waals surface area (Å²) in [5.41, 5.74) is 4.14. The SMILES string of the molecule is Cc1nn(Cc2ccc(C(C)(C)C)cc2)c(=O)c(CO)c1C. The lowest BCUT2D eigenvalue weighted by molar-refractivity contribution is 0.277. The Hall–Kier alpha value is -1.94. The third kappa shape index (κ3) is 3.28. The van der Waals surface area contributed by atoms with Crippen LogP contribution in [0, 0.1) is 13.8 Å². The normalized spacial score (nSPS) is 11.7. The average molecular weight is 300 g/mol. The van der Waals surface area contributed by atoms with Crippen molar-refractivity contribution < 1.29 is 5.11 Å². The Balaban J connectivity index is 2.36. The molecule has 0 aliphatic carbocycles. The number of benzene rings is 1. The van der Waals surface area contributed by atoms with Gasteiger partial charge in [-0.1, -0.05) is 45.0 Å². The Morgan fingerprint density at radius 2 is 1.73 bits per heavy atom. The van der Waals surface area contributed by atoms with Crippen molar-refractivity contribution in [1.29, 1.82) is 0 Å². The molecular formula is C18H24N2O2. The minimum Gasteiger partial charge on any atom is -0.391 e. The van der Waals surface area contributed by atoms with E-state index in [1.54, 1.807) is 0 Å². The van der Waals surface area contributed by atoms with Gasteiger partial charge in [0.1, 0.15) is 0 Å². The van der Waals surface area contributed by atoms with Crippen molar-refractivity contribution >= 4 is 0 Å². The van der Waals surface area contributed by atoms with Gasteiger partial charge in [-0.15, -0.1) is 0 Å². The molecule has 0 aliphatic rings. The maximum atomic E-state index is 12.3. The van der Waals surface area contributed by atoms with Gasteiger partial charge in [0.15, 0.2) is 0 Å². The lowest BCUT2D eigenvalue weighted by atomic mass is 9.87. The van der Waals surface area contributed by atoms with E-state index < -0.39 is 0 Å². The van der Waals surface area contributed by atoms with Crippen LogP contribution < -0.4 is 5.56 Å². The predicted molar refractivity (Wildman–Crippen MR) is 88.1 cm³/mol. The molecule has 0 bridgehead atoms. The van der Waals surface area contributed by atoms with Gasteiger partial charge in [-0.25, -0.2) is 4.68 Å². The molecule has 4 nitrogen and oxygen atoms in total. The second-order valence-corrected chi connectivity index (χ2v) is 6.76. The van der Waals surface area contributed by atoms with Gasteiger partial charge in [-0.3, -0.25) is 4.79 Å². The van der Waals surface area contributed by atoms with E-state index in [-0.39, 0.29) is 17.6 Å². The summed E-state index contributed by atoms with van der Waals surface area (Å²) in [6.07, 6.45) is 0. The molecule has 0 fully saturated rings. The van der Waals surface area contributed by atoms with Crippen LogP contribution in [0.3, 0.4) is 0 Å². The molecule has 1 N–H and O–H groups in total. The molecule has 2 aromatic rings. The molecule has 0 saturated heterocycles. The van der Waals surface area contributed by atoms with Gasteiger partial charge in [-0.05, 0) is 36.0 Å². The molecular weight excluding hydrogens is 276 g/mol. The smallest absolute Gasteiger partial charge is 0.272 e. The largest absolute Gasteiger partial charge is 0.391 e. The Labute approximate surface area is 131 Å². The maximum Gasteiger partial charge on any atom is 0.272 e. The number of aliphatic hydroxyl groups excluding tert-OH is 1. The van der Waals surface area contributed by atoms with Crippen molar-refractivity contribution in [3.8, 4) is 0 Å². The first-order chi connectivity index (χ1) is 10.2. The van der Waals surface area contributed by atoms with Gasteiger partial charge in [-0.2, -0.15) is 5.10 Å². The quantitative estimate of drug-likeness (QED) is 0.948. The molecule has 0 saturated carbocycles. The lowest BCUT2D eigenvalue weighted by Crippen LogP contribution is -2.29. The van der Waals surface area contributed by atoms with Gasteiger partial charge in [0.05, 0.1) is 18.8 Å². The Morgan fingerprint density at radius 3 is 2.23 bits per heavy atom. The van der Waals surface area contributed by atoms with E-state index in [2.05, 4.69) is 38.0 Å². The number of aryl methyl sites for hydroxylation is 1. The Morgan fingerprint density at radius 1 is 1.14 bits per heavy atom. The zero-order valence-electron chi connectivity index (χ0n) is 14.0. The molecule has 4 heteroatoms. The molecule has 0 spiro atoms. The summed E-state index contributed by atoms with van der Waals surface area (Å²) in [6.45, 7) is 10.3. The average Bonchev–Trinajstić information content (AvgIpc) is 2.45. The van der Waals surface area contributed by atoms with Crippen LogP contribution in [0.5, 0.6) is 0 Å². The number of rotatable bonds is 3. The summed E-state index contributed by atoms with van der Waals surface area (Å²) in [5, 5.41) is 13.7. The summed E-state index contributed by atoms with van der Waals surface area (Å²) in [4.78, 5) is 12.3. The van der Waals surface area contributed by atoms with Gasteiger partial charge in [0.2, 0.25) is 0 Å². The lowest BCUT2D eigenvalue weighted by Gasteiger charge is -2.19. The molecule has 0 radical (unpaired) electrons. The highest BCUT2D eigenvalue weighted by atomic mass is 16.3. The monoisotopic (exact) mass is 300 g/mol. The van der Waals surface area contributed by atoms with Crippen LogP contribution in [0.15, 0.2) is 29.1 Å². The van der Waals surface area contributed by atoms with E-state index in [0.717, 1.165) is 16.8 Å². The summed E-state index contributed by atoms with van der Waals surface area (Å²) in [7, 11) is 0. The molecule has 0 amide bonds. The van der Waals surface area contributed by atoms with Crippen LogP contribution in [0.4, 0.5) is 0 Å². The van der Waals surface area contributed by atoms with Crippen LogP contribution >= 0.6 is 0 Å². The predicted octanol–water partition coefficient (Wildman–Crippen LogP) is 2.70. The highest BCUT2D eigenvalue weighted by Crippen LogP contribution is 2.22. The minimum absolute atomic E-state index is 0.109. The van der Waals surface area contributed by atoms with E-state index >= 15 is 0 Å². The van der Waals surface area contributed by atoms with Crippen LogP contribution in [-0.4, -0.2) is 14.9 Å². The maximum absolute atomic E-state index is 12.3. The van der Waals surface area contributed by atoms with E-state index in [1.165, 1.54) is 10.2 Å². The number of nitrogens with zero attached hydrogens (tertiary/aromatic N) is 2. The molecule has 2 rings (SSSR count). The van der Waals surface area contributed by atoms with Crippen molar-refractivity contribution in [2.45, 2.75) is 53.2 Å². The fourth-order valence-electron chi connectivity index (χ4n) is 2.41. The van der Waals surface area contributed by atoms with Crippen LogP contribution in [0.1, 0.15) is 48.7 Å². The number of aliphatic hydroxyl groups is 1. The van der Waals surface area contributed by atoms with E-state index in [9.17, 15) is 9.90 Å². The molecule has 1 aromatic heterocycles. The molecule has 0 aliphatic heterocycles. The molecule has 118 valence electrons. The fraction of sp³-hybridized carbons (Fsp3) is 0.444. The fourth-order valence-corrected chi connectivity index (χ4v) is 2.41. The zero-order valence-corrected chi connectivity index (χ0v) is 14.0. The topological polar surface area (TPSA) is 55.1 Å². The van der Waals surface area contributed by atoms with Gasteiger partial charge < -0.3 is 5.11 Å². The molecule has 22 heavy (non-hydrogen) atoms. The Kier molecular flexibility index (Phi) is 4.52. The standard InChI is InChI=1S/C18H24N2O2/c1-12-13(2)19-20(17(22)16(12)11-21)10-14-6-8-15(9-7-14)18(3,4)5/h6-9,21H,10-11H2,1-5H3. The van der Waals surface area contributed by atoms with Crippen LogP contribution in [0.25, 0.3) is 0 Å². The van der Waals surface area contributed by atoms with Crippen molar-refractivity contribution in [2.75, 3.05) is 0 Å². The van der Waals surface area contributed by atoms with E-state index in [1.807, 2.05) is 26.0 Å². The zero-order chi connectivity index (χ0) is 16.5.